The van der Waals surface area contributed by atoms with Crippen LogP contribution in [-0.2, 0) is 30.9 Å². The second-order valence-electron chi connectivity index (χ2n) is 6.78. The van der Waals surface area contributed by atoms with Gasteiger partial charge < -0.3 is 24.8 Å². The van der Waals surface area contributed by atoms with Crippen LogP contribution in [0.4, 0.5) is 0 Å². The summed E-state index contributed by atoms with van der Waals surface area (Å²) in [5, 5.41) is 11.4. The number of fused-ring (bicyclic) bond motifs is 1. The molecule has 2 N–H and O–H groups in total. The number of aromatic nitrogens is 3. The van der Waals surface area contributed by atoms with Crippen molar-refractivity contribution in [3.63, 3.8) is 0 Å². The van der Waals surface area contributed by atoms with Crippen LogP contribution in [0, 0.1) is 0 Å². The lowest BCUT2D eigenvalue weighted by atomic mass is 10.1. The molecule has 0 radical (unpaired) electrons. The van der Waals surface area contributed by atoms with Crippen LogP contribution in [0.25, 0.3) is 0 Å². The highest BCUT2D eigenvalue weighted by Gasteiger charge is 2.22. The standard InChI is InChI=1S/C20H30N6O3.HI/c1-5-29-17-10-14(6-8-16(17)28-4)11-22-20(21-2)23-15-7-9-19-24-18(13-27-3)25-26(19)12-15;/h6,8,10,15H,5,7,9,11-13H2,1-4H3,(H2,21,22,23);1H. The molecule has 1 aromatic carbocycles. The van der Waals surface area contributed by atoms with Gasteiger partial charge in [-0.1, -0.05) is 6.07 Å². The molecule has 1 aromatic heterocycles. The molecule has 9 nitrogen and oxygen atoms in total. The maximum atomic E-state index is 5.65. The molecule has 0 saturated carbocycles. The lowest BCUT2D eigenvalue weighted by Crippen LogP contribution is -2.46. The van der Waals surface area contributed by atoms with Crippen molar-refractivity contribution in [2.24, 2.45) is 4.99 Å². The number of ether oxygens (including phenoxy) is 3. The van der Waals surface area contributed by atoms with Crippen molar-refractivity contribution in [3.05, 3.63) is 35.4 Å². The second kappa shape index (κ2) is 11.9. The first-order valence-corrected chi connectivity index (χ1v) is 9.85. The highest BCUT2D eigenvalue weighted by molar-refractivity contribution is 14.0. The first kappa shape index (κ1) is 24.2. The van der Waals surface area contributed by atoms with E-state index >= 15 is 0 Å². The quantitative estimate of drug-likeness (QED) is 0.307. The minimum atomic E-state index is 0. The van der Waals surface area contributed by atoms with E-state index in [0.717, 1.165) is 54.1 Å². The second-order valence-corrected chi connectivity index (χ2v) is 6.78. The molecule has 0 fully saturated rings. The number of aryl methyl sites for hydroxylation is 1. The van der Waals surface area contributed by atoms with E-state index in [1.165, 1.54) is 0 Å². The molecule has 0 bridgehead atoms. The van der Waals surface area contributed by atoms with Gasteiger partial charge in [0.1, 0.15) is 12.4 Å². The van der Waals surface area contributed by atoms with E-state index in [1.54, 1.807) is 21.3 Å². The minimum Gasteiger partial charge on any atom is -0.493 e. The van der Waals surface area contributed by atoms with Crippen molar-refractivity contribution in [2.75, 3.05) is 27.9 Å². The monoisotopic (exact) mass is 530 g/mol. The number of aliphatic imine (C=N–C) groups is 1. The Bertz CT molecular complexity index is 842. The van der Waals surface area contributed by atoms with E-state index in [-0.39, 0.29) is 30.0 Å². The Kier molecular flexibility index (Phi) is 9.63. The van der Waals surface area contributed by atoms with Gasteiger partial charge in [-0.15, -0.1) is 24.0 Å². The number of rotatable bonds is 8. The zero-order chi connectivity index (χ0) is 20.6. The molecule has 0 amide bonds. The molecular weight excluding hydrogens is 499 g/mol. The molecule has 10 heteroatoms. The molecule has 30 heavy (non-hydrogen) atoms. The third kappa shape index (κ3) is 6.21. The number of benzene rings is 1. The number of hydrogen-bond acceptors (Lipinski definition) is 6. The van der Waals surface area contributed by atoms with Crippen LogP contribution < -0.4 is 20.1 Å². The van der Waals surface area contributed by atoms with Crippen LogP contribution in [0.5, 0.6) is 11.5 Å². The fourth-order valence-corrected chi connectivity index (χ4v) is 3.34. The third-order valence-electron chi connectivity index (χ3n) is 4.73. The molecular formula is C20H31IN6O3. The summed E-state index contributed by atoms with van der Waals surface area (Å²) in [6.45, 7) is 4.37. The number of methoxy groups -OCH3 is 2. The normalized spacial score (nSPS) is 15.7. The first-order chi connectivity index (χ1) is 14.2. The molecule has 0 saturated heterocycles. The van der Waals surface area contributed by atoms with Crippen molar-refractivity contribution in [3.8, 4) is 11.5 Å². The number of hydrogen-bond donors (Lipinski definition) is 2. The average Bonchev–Trinajstić information content (AvgIpc) is 3.13. The van der Waals surface area contributed by atoms with Gasteiger partial charge in [0.25, 0.3) is 0 Å². The number of nitrogens with zero attached hydrogens (tertiary/aromatic N) is 4. The predicted molar refractivity (Wildman–Crippen MR) is 126 cm³/mol. The number of guanidine groups is 1. The van der Waals surface area contributed by atoms with Gasteiger partial charge in [-0.3, -0.25) is 4.99 Å². The molecule has 1 unspecified atom stereocenters. The Morgan fingerprint density at radius 3 is 2.83 bits per heavy atom. The third-order valence-corrected chi connectivity index (χ3v) is 4.73. The summed E-state index contributed by atoms with van der Waals surface area (Å²) in [6, 6.07) is 6.16. The lowest BCUT2D eigenvalue weighted by molar-refractivity contribution is 0.177. The van der Waals surface area contributed by atoms with Gasteiger partial charge in [-0.05, 0) is 31.0 Å². The molecule has 1 aliphatic rings. The summed E-state index contributed by atoms with van der Waals surface area (Å²) in [4.78, 5) is 8.87. The molecule has 2 aromatic rings. The molecule has 1 atom stereocenters. The SMILES string of the molecule is CCOc1cc(CNC(=NC)NC2CCc3nc(COC)nn3C2)ccc1OC.I. The molecule has 2 heterocycles. The zero-order valence-electron chi connectivity index (χ0n) is 18.0. The lowest BCUT2D eigenvalue weighted by Gasteiger charge is -2.25. The number of halogens is 1. The van der Waals surface area contributed by atoms with Crippen LogP contribution in [0.2, 0.25) is 0 Å². The zero-order valence-corrected chi connectivity index (χ0v) is 20.3. The van der Waals surface area contributed by atoms with Crippen LogP contribution in [0.15, 0.2) is 23.2 Å². The highest BCUT2D eigenvalue weighted by Crippen LogP contribution is 2.28. The Labute approximate surface area is 194 Å². The summed E-state index contributed by atoms with van der Waals surface area (Å²) >= 11 is 0. The minimum absolute atomic E-state index is 0. The van der Waals surface area contributed by atoms with Gasteiger partial charge in [0, 0.05) is 33.2 Å². The molecule has 0 aliphatic carbocycles. The summed E-state index contributed by atoms with van der Waals surface area (Å²) in [5.74, 6) is 3.98. The van der Waals surface area contributed by atoms with E-state index in [0.29, 0.717) is 19.8 Å². The first-order valence-electron chi connectivity index (χ1n) is 9.85. The largest absolute Gasteiger partial charge is 0.493 e. The fourth-order valence-electron chi connectivity index (χ4n) is 3.34. The Morgan fingerprint density at radius 2 is 2.13 bits per heavy atom. The summed E-state index contributed by atoms with van der Waals surface area (Å²) in [5.41, 5.74) is 1.09. The topological polar surface area (TPSA) is 94.8 Å². The Morgan fingerprint density at radius 1 is 1.30 bits per heavy atom. The van der Waals surface area contributed by atoms with Crippen molar-refractivity contribution in [1.29, 1.82) is 0 Å². The van der Waals surface area contributed by atoms with Crippen LogP contribution in [0.3, 0.4) is 0 Å². The van der Waals surface area contributed by atoms with Gasteiger partial charge >= 0.3 is 0 Å². The van der Waals surface area contributed by atoms with Crippen LogP contribution in [-0.4, -0.2) is 54.6 Å². The van der Waals surface area contributed by atoms with Crippen molar-refractivity contribution in [1.82, 2.24) is 25.4 Å². The molecule has 0 spiro atoms. The van der Waals surface area contributed by atoms with Crippen molar-refractivity contribution in [2.45, 2.75) is 45.5 Å². The predicted octanol–water partition coefficient (Wildman–Crippen LogP) is 2.13. The Balaban J connectivity index is 0.00000320. The average molecular weight is 530 g/mol. The van der Waals surface area contributed by atoms with Crippen LogP contribution in [0.1, 0.15) is 30.6 Å². The van der Waals surface area contributed by atoms with Gasteiger partial charge in [-0.25, -0.2) is 9.67 Å². The van der Waals surface area contributed by atoms with Gasteiger partial charge in [-0.2, -0.15) is 5.10 Å². The van der Waals surface area contributed by atoms with Gasteiger partial charge in [0.2, 0.25) is 0 Å². The fraction of sp³-hybridized carbons (Fsp3) is 0.550. The van der Waals surface area contributed by atoms with E-state index < -0.39 is 0 Å². The molecule has 1 aliphatic heterocycles. The summed E-state index contributed by atoms with van der Waals surface area (Å²) < 4.78 is 18.1. The van der Waals surface area contributed by atoms with Gasteiger partial charge in [0.15, 0.2) is 23.3 Å². The van der Waals surface area contributed by atoms with Gasteiger partial charge in [0.05, 0.1) is 20.3 Å². The van der Waals surface area contributed by atoms with Crippen molar-refractivity contribution >= 4 is 29.9 Å². The van der Waals surface area contributed by atoms with E-state index in [2.05, 4.69) is 25.7 Å². The van der Waals surface area contributed by atoms with Crippen molar-refractivity contribution < 1.29 is 14.2 Å². The smallest absolute Gasteiger partial charge is 0.191 e. The number of nitrogens with one attached hydrogen (secondary N) is 2. The Hall–Kier alpha value is -2.08. The van der Waals surface area contributed by atoms with Crippen LogP contribution >= 0.6 is 24.0 Å². The summed E-state index contributed by atoms with van der Waals surface area (Å²) in [6.07, 6.45) is 1.85. The maximum absolute atomic E-state index is 5.65. The molecule has 3 rings (SSSR count). The highest BCUT2D eigenvalue weighted by atomic mass is 127. The van der Waals surface area contributed by atoms with E-state index in [1.807, 2.05) is 29.8 Å². The van der Waals surface area contributed by atoms with E-state index in [9.17, 15) is 0 Å². The van der Waals surface area contributed by atoms with E-state index in [4.69, 9.17) is 14.2 Å². The maximum Gasteiger partial charge on any atom is 0.191 e. The summed E-state index contributed by atoms with van der Waals surface area (Å²) in [7, 11) is 5.07. The molecule has 166 valence electrons.